The van der Waals surface area contributed by atoms with Crippen LogP contribution in [0.4, 0.5) is 0 Å². The Morgan fingerprint density at radius 1 is 1.29 bits per heavy atom. The first-order valence-corrected chi connectivity index (χ1v) is 4.43. The van der Waals surface area contributed by atoms with Crippen LogP contribution in [0.2, 0.25) is 0 Å². The molecule has 0 aliphatic carbocycles. The second-order valence-electron chi connectivity index (χ2n) is 2.91. The van der Waals surface area contributed by atoms with E-state index in [9.17, 15) is 4.79 Å². The van der Waals surface area contributed by atoms with Crippen molar-refractivity contribution in [3.63, 3.8) is 0 Å². The maximum atomic E-state index is 11.3. The third-order valence-electron chi connectivity index (χ3n) is 1.79. The van der Waals surface area contributed by atoms with Crippen LogP contribution in [0.1, 0.15) is 6.92 Å². The molecular weight excluding hydrogens is 190 g/mol. The zero-order valence-electron chi connectivity index (χ0n) is 8.13. The number of aliphatic hydroxyl groups is 4. The minimum absolute atomic E-state index is 0.0527. The lowest BCUT2D eigenvalue weighted by molar-refractivity contribution is -0.143. The quantitative estimate of drug-likeness (QED) is 0.387. The summed E-state index contributed by atoms with van der Waals surface area (Å²) in [5, 5.41) is 35.2. The minimum Gasteiger partial charge on any atom is -0.394 e. The van der Waals surface area contributed by atoms with E-state index in [1.807, 2.05) is 0 Å². The van der Waals surface area contributed by atoms with E-state index in [0.717, 1.165) is 0 Å². The zero-order chi connectivity index (χ0) is 11.1. The van der Waals surface area contributed by atoms with E-state index in [2.05, 4.69) is 0 Å². The van der Waals surface area contributed by atoms with Crippen LogP contribution in [0, 0.1) is 0 Å². The molecule has 0 aromatic rings. The summed E-state index contributed by atoms with van der Waals surface area (Å²) < 4.78 is 0. The maximum Gasteiger partial charge on any atom is 0.253 e. The molecule has 0 spiro atoms. The van der Waals surface area contributed by atoms with E-state index in [4.69, 9.17) is 20.4 Å². The molecule has 0 aliphatic rings. The fraction of sp³-hybridized carbons (Fsp3) is 0.875. The number of amides is 1. The molecule has 0 saturated heterocycles. The molecule has 0 radical (unpaired) electrons. The molecule has 1 amide bonds. The molecule has 84 valence electrons. The van der Waals surface area contributed by atoms with E-state index in [1.165, 1.54) is 4.90 Å². The van der Waals surface area contributed by atoms with Crippen LogP contribution >= 0.6 is 0 Å². The van der Waals surface area contributed by atoms with Crippen LogP contribution in [0.15, 0.2) is 0 Å². The highest BCUT2D eigenvalue weighted by molar-refractivity contribution is 5.80. The van der Waals surface area contributed by atoms with Crippen LogP contribution in [0.25, 0.3) is 0 Å². The Morgan fingerprint density at radius 3 is 2.21 bits per heavy atom. The largest absolute Gasteiger partial charge is 0.394 e. The Hall–Kier alpha value is -0.690. The zero-order valence-corrected chi connectivity index (χ0v) is 8.13. The number of hydrogen-bond donors (Lipinski definition) is 4. The first-order valence-electron chi connectivity index (χ1n) is 4.43. The summed E-state index contributed by atoms with van der Waals surface area (Å²) in [6.45, 7) is 0.825. The fourth-order valence-corrected chi connectivity index (χ4v) is 0.976. The highest BCUT2D eigenvalue weighted by Gasteiger charge is 2.21. The van der Waals surface area contributed by atoms with Gasteiger partial charge in [0.1, 0.15) is 0 Å². The van der Waals surface area contributed by atoms with Gasteiger partial charge in [-0.25, -0.2) is 0 Å². The number of aliphatic hydroxyl groups excluding tert-OH is 4. The van der Waals surface area contributed by atoms with Crippen molar-refractivity contribution in [2.75, 3.05) is 26.3 Å². The lowest BCUT2D eigenvalue weighted by Gasteiger charge is -2.24. The molecule has 2 atom stereocenters. The number of carbonyl (C=O) groups is 1. The molecule has 6 nitrogen and oxygen atoms in total. The predicted molar refractivity (Wildman–Crippen MR) is 48.4 cm³/mol. The van der Waals surface area contributed by atoms with Gasteiger partial charge in [-0.05, 0) is 6.92 Å². The van der Waals surface area contributed by atoms with Crippen molar-refractivity contribution in [3.05, 3.63) is 0 Å². The molecule has 0 aliphatic heterocycles. The number of hydrogen-bond acceptors (Lipinski definition) is 5. The Labute approximate surface area is 82.4 Å². The standard InChI is InChI=1S/C8H17NO5/c1-2-9(3-6(12)4-10)8(14)7(13)5-11/h6-7,10-13H,2-5H2,1H3. The predicted octanol–water partition coefficient (Wildman–Crippen LogP) is -2.46. The van der Waals surface area contributed by atoms with Crippen molar-refractivity contribution in [2.45, 2.75) is 19.1 Å². The van der Waals surface area contributed by atoms with Gasteiger partial charge < -0.3 is 25.3 Å². The van der Waals surface area contributed by atoms with Gasteiger partial charge in [0.25, 0.3) is 5.91 Å². The molecule has 0 rings (SSSR count). The van der Waals surface area contributed by atoms with Crippen LogP contribution < -0.4 is 0 Å². The fourth-order valence-electron chi connectivity index (χ4n) is 0.976. The first kappa shape index (κ1) is 13.3. The summed E-state index contributed by atoms with van der Waals surface area (Å²) >= 11 is 0. The molecule has 0 aromatic heterocycles. The summed E-state index contributed by atoms with van der Waals surface area (Å²) in [7, 11) is 0. The Morgan fingerprint density at radius 2 is 1.86 bits per heavy atom. The molecule has 4 N–H and O–H groups in total. The minimum atomic E-state index is -1.46. The Bertz CT molecular complexity index is 175. The summed E-state index contributed by atoms with van der Waals surface area (Å²) in [6, 6.07) is 0. The van der Waals surface area contributed by atoms with Crippen LogP contribution in [-0.4, -0.2) is 69.7 Å². The third-order valence-corrected chi connectivity index (χ3v) is 1.79. The van der Waals surface area contributed by atoms with Gasteiger partial charge in [-0.1, -0.05) is 0 Å². The van der Waals surface area contributed by atoms with Gasteiger partial charge in [-0.2, -0.15) is 0 Å². The molecule has 6 heteroatoms. The normalized spacial score (nSPS) is 14.9. The average Bonchev–Trinajstić information content (AvgIpc) is 2.23. The van der Waals surface area contributed by atoms with E-state index >= 15 is 0 Å². The van der Waals surface area contributed by atoms with Crippen molar-refractivity contribution < 1.29 is 25.2 Å². The van der Waals surface area contributed by atoms with Crippen molar-refractivity contribution in [3.8, 4) is 0 Å². The van der Waals surface area contributed by atoms with Crippen molar-refractivity contribution in [2.24, 2.45) is 0 Å². The molecule has 0 saturated carbocycles. The summed E-state index contributed by atoms with van der Waals surface area (Å²) in [4.78, 5) is 12.4. The summed E-state index contributed by atoms with van der Waals surface area (Å²) in [5.74, 6) is -0.650. The van der Waals surface area contributed by atoms with E-state index < -0.39 is 31.3 Å². The first-order chi connectivity index (χ1) is 6.56. The van der Waals surface area contributed by atoms with Gasteiger partial charge in [0.05, 0.1) is 19.3 Å². The molecular formula is C8H17NO5. The number of rotatable bonds is 6. The second-order valence-corrected chi connectivity index (χ2v) is 2.91. The SMILES string of the molecule is CCN(CC(O)CO)C(=O)C(O)CO. The molecule has 0 bridgehead atoms. The van der Waals surface area contributed by atoms with Gasteiger partial charge in [0, 0.05) is 13.1 Å². The molecule has 0 heterocycles. The average molecular weight is 207 g/mol. The van der Waals surface area contributed by atoms with Crippen molar-refractivity contribution >= 4 is 5.91 Å². The summed E-state index contributed by atoms with van der Waals surface area (Å²) in [6.07, 6.45) is -2.48. The van der Waals surface area contributed by atoms with Crippen molar-refractivity contribution in [1.82, 2.24) is 4.90 Å². The lowest BCUT2D eigenvalue weighted by atomic mass is 10.2. The van der Waals surface area contributed by atoms with Crippen LogP contribution in [-0.2, 0) is 4.79 Å². The highest BCUT2D eigenvalue weighted by atomic mass is 16.3. The van der Waals surface area contributed by atoms with Crippen LogP contribution in [0.3, 0.4) is 0 Å². The lowest BCUT2D eigenvalue weighted by Crippen LogP contribution is -2.45. The van der Waals surface area contributed by atoms with Gasteiger partial charge in [-0.3, -0.25) is 4.79 Å². The molecule has 0 fully saturated rings. The number of carbonyl (C=O) groups excluding carboxylic acids is 1. The van der Waals surface area contributed by atoms with Gasteiger partial charge in [0.15, 0.2) is 6.10 Å². The van der Waals surface area contributed by atoms with Gasteiger partial charge in [-0.15, -0.1) is 0 Å². The maximum absolute atomic E-state index is 11.3. The van der Waals surface area contributed by atoms with Crippen LogP contribution in [0.5, 0.6) is 0 Å². The van der Waals surface area contributed by atoms with E-state index in [1.54, 1.807) is 6.92 Å². The number of nitrogens with zero attached hydrogens (tertiary/aromatic N) is 1. The Kier molecular flexibility index (Phi) is 6.39. The van der Waals surface area contributed by atoms with Gasteiger partial charge >= 0.3 is 0 Å². The third kappa shape index (κ3) is 4.01. The number of likely N-dealkylation sites (N-methyl/N-ethyl adjacent to an activating group) is 1. The van der Waals surface area contributed by atoms with Crippen molar-refractivity contribution in [1.29, 1.82) is 0 Å². The monoisotopic (exact) mass is 207 g/mol. The molecule has 14 heavy (non-hydrogen) atoms. The van der Waals surface area contributed by atoms with E-state index in [-0.39, 0.29) is 6.54 Å². The Balaban J connectivity index is 4.18. The molecule has 0 aromatic carbocycles. The van der Waals surface area contributed by atoms with E-state index in [0.29, 0.717) is 6.54 Å². The smallest absolute Gasteiger partial charge is 0.253 e. The second kappa shape index (κ2) is 6.72. The highest BCUT2D eigenvalue weighted by Crippen LogP contribution is 1.97. The summed E-state index contributed by atoms with van der Waals surface area (Å²) in [5.41, 5.74) is 0. The topological polar surface area (TPSA) is 101 Å². The molecule has 2 unspecified atom stereocenters. The van der Waals surface area contributed by atoms with Gasteiger partial charge in [0.2, 0.25) is 0 Å².